The Labute approximate surface area is 72.8 Å². The predicted molar refractivity (Wildman–Crippen MR) is 44.9 cm³/mol. The first-order chi connectivity index (χ1) is 5.41. The Hall–Kier alpha value is -0.250. The van der Waals surface area contributed by atoms with Gasteiger partial charge in [-0.15, -0.1) is 0 Å². The number of hydrogen-bond acceptors (Lipinski definition) is 0. The van der Waals surface area contributed by atoms with E-state index in [-0.39, 0.29) is 0 Å². The van der Waals surface area contributed by atoms with Crippen LogP contribution in [0.2, 0.25) is 0 Å². The van der Waals surface area contributed by atoms with Gasteiger partial charge < -0.3 is 4.48 Å². The molecule has 0 atom stereocenters. The van der Waals surface area contributed by atoms with Crippen LogP contribution in [0.15, 0.2) is 0 Å². The third-order valence-electron chi connectivity index (χ3n) is 2.29. The zero-order chi connectivity index (χ0) is 10.2. The number of halogens is 3. The van der Waals surface area contributed by atoms with Crippen LogP contribution in [0.25, 0.3) is 0 Å². The smallest absolute Gasteiger partial charge is 0.327 e. The zero-order valence-corrected chi connectivity index (χ0v) is 8.28. The van der Waals surface area contributed by atoms with Crippen molar-refractivity contribution in [2.75, 3.05) is 26.7 Å². The van der Waals surface area contributed by atoms with E-state index in [0.29, 0.717) is 0 Å². The average molecular weight is 186 g/mol. The van der Waals surface area contributed by atoms with Gasteiger partial charge in [0.05, 0.1) is 26.7 Å². The van der Waals surface area contributed by atoms with Gasteiger partial charge in [0, 0.05) is 0 Å². The lowest BCUT2D eigenvalue weighted by atomic mass is 10.4. The minimum absolute atomic E-state index is 1.21. The summed E-state index contributed by atoms with van der Waals surface area (Å²) >= 11 is 0. The first-order valence-corrected chi connectivity index (χ1v) is 4.17. The highest BCUT2D eigenvalue weighted by Gasteiger charge is 2.10. The molecule has 76 valence electrons. The Kier molecular flexibility index (Phi) is 8.81. The van der Waals surface area contributed by atoms with Gasteiger partial charge in [-0.05, 0) is 20.8 Å². The van der Waals surface area contributed by atoms with Crippen LogP contribution in [-0.4, -0.2) is 37.8 Å². The molecule has 0 amide bonds. The van der Waals surface area contributed by atoms with E-state index in [9.17, 15) is 13.2 Å². The molecule has 0 aromatic rings. The fourth-order valence-electron chi connectivity index (χ4n) is 0.671. The molecule has 0 fully saturated rings. The topological polar surface area (TPSA) is 0 Å². The zero-order valence-electron chi connectivity index (χ0n) is 8.28. The molecule has 0 spiro atoms. The fraction of sp³-hybridized carbons (Fsp3) is 1.00. The summed E-state index contributed by atoms with van der Waals surface area (Å²) < 4.78 is 30.2. The van der Waals surface area contributed by atoms with E-state index in [1.54, 1.807) is 0 Å². The van der Waals surface area contributed by atoms with E-state index < -0.39 is 6.68 Å². The van der Waals surface area contributed by atoms with Crippen molar-refractivity contribution in [1.82, 2.24) is 0 Å². The van der Waals surface area contributed by atoms with E-state index in [1.165, 1.54) is 24.1 Å². The van der Waals surface area contributed by atoms with Gasteiger partial charge in [-0.2, -0.15) is 13.2 Å². The normalized spacial score (nSPS) is 11.0. The molecule has 0 rings (SSSR count). The highest BCUT2D eigenvalue weighted by molar-refractivity contribution is 4.24. The Morgan fingerprint density at radius 3 is 1.08 bits per heavy atom. The molecule has 0 heterocycles. The molecular weight excluding hydrogens is 167 g/mol. The number of nitrogens with zero attached hydrogens (tertiary/aromatic N) is 1. The van der Waals surface area contributed by atoms with E-state index >= 15 is 0 Å². The number of alkyl halides is 3. The second kappa shape index (κ2) is 7.40. The maximum Gasteiger partial charge on any atom is 0.379 e. The summed E-state index contributed by atoms with van der Waals surface area (Å²) in [6, 6.07) is 0. The van der Waals surface area contributed by atoms with Gasteiger partial charge in [0.1, 0.15) is 0 Å². The monoisotopic (exact) mass is 186 g/mol. The van der Waals surface area contributed by atoms with Crippen LogP contribution in [0.3, 0.4) is 0 Å². The van der Waals surface area contributed by atoms with Gasteiger partial charge in [-0.1, -0.05) is 0 Å². The number of hydrogen-bond donors (Lipinski definition) is 0. The van der Waals surface area contributed by atoms with Gasteiger partial charge >= 0.3 is 6.68 Å². The number of rotatable bonds is 3. The first-order valence-electron chi connectivity index (χ1n) is 4.17. The predicted octanol–water partition coefficient (Wildman–Crippen LogP) is 2.67. The molecule has 0 aliphatic carbocycles. The average Bonchev–Trinajstić information content (AvgIpc) is 2.02. The Morgan fingerprint density at radius 1 is 0.917 bits per heavy atom. The van der Waals surface area contributed by atoms with E-state index in [2.05, 4.69) is 27.8 Å². The Morgan fingerprint density at radius 2 is 1.08 bits per heavy atom. The molecule has 0 aromatic carbocycles. The lowest BCUT2D eigenvalue weighted by molar-refractivity contribution is -0.904. The van der Waals surface area contributed by atoms with Crippen LogP contribution in [0.5, 0.6) is 0 Å². The second-order valence-corrected chi connectivity index (χ2v) is 2.82. The van der Waals surface area contributed by atoms with E-state index in [4.69, 9.17) is 0 Å². The largest absolute Gasteiger partial charge is 0.379 e. The maximum absolute atomic E-state index is 9.67. The van der Waals surface area contributed by atoms with Crippen molar-refractivity contribution in [3.8, 4) is 0 Å². The van der Waals surface area contributed by atoms with Crippen LogP contribution in [0, 0.1) is 0 Å². The van der Waals surface area contributed by atoms with Crippen LogP contribution >= 0.6 is 0 Å². The van der Waals surface area contributed by atoms with Crippen LogP contribution in [0.4, 0.5) is 13.2 Å². The molecule has 0 saturated carbocycles. The number of quaternary nitrogens is 1. The third-order valence-corrected chi connectivity index (χ3v) is 2.29. The summed E-state index contributed by atoms with van der Waals surface area (Å²) in [5, 5.41) is 0. The van der Waals surface area contributed by atoms with Gasteiger partial charge in [0.2, 0.25) is 0 Å². The summed E-state index contributed by atoms with van der Waals surface area (Å²) in [4.78, 5) is 0. The van der Waals surface area contributed by atoms with Crippen molar-refractivity contribution in [2.45, 2.75) is 27.5 Å². The first kappa shape index (κ1) is 14.3. The van der Waals surface area contributed by atoms with Gasteiger partial charge in [0.15, 0.2) is 0 Å². The van der Waals surface area contributed by atoms with Crippen LogP contribution < -0.4 is 0 Å². The summed E-state index contributed by atoms with van der Waals surface area (Å²) in [7, 11) is 2.29. The molecule has 4 heteroatoms. The molecule has 0 unspecified atom stereocenters. The van der Waals surface area contributed by atoms with Gasteiger partial charge in [-0.25, -0.2) is 0 Å². The van der Waals surface area contributed by atoms with E-state index in [1.807, 2.05) is 0 Å². The lowest BCUT2D eigenvalue weighted by Crippen LogP contribution is -2.42. The quantitative estimate of drug-likeness (QED) is 0.594. The van der Waals surface area contributed by atoms with Crippen LogP contribution in [0.1, 0.15) is 20.8 Å². The molecule has 0 N–H and O–H groups in total. The van der Waals surface area contributed by atoms with Crippen molar-refractivity contribution in [1.29, 1.82) is 0 Å². The minimum atomic E-state index is -3.67. The highest BCUT2D eigenvalue weighted by atomic mass is 19.4. The lowest BCUT2D eigenvalue weighted by Gasteiger charge is -2.30. The summed E-state index contributed by atoms with van der Waals surface area (Å²) in [5.41, 5.74) is 0. The Balaban J connectivity index is 0. The molecule has 12 heavy (non-hydrogen) atoms. The molecule has 0 bridgehead atoms. The fourth-order valence-corrected chi connectivity index (χ4v) is 0.671. The minimum Gasteiger partial charge on any atom is -0.327 e. The van der Waals surface area contributed by atoms with Crippen molar-refractivity contribution >= 4 is 0 Å². The molecular formula is C8H19F3N+. The molecule has 0 radical (unpaired) electrons. The van der Waals surface area contributed by atoms with E-state index in [0.717, 1.165) is 0 Å². The third kappa shape index (κ3) is 9.75. The molecule has 1 nitrogen and oxygen atoms in total. The van der Waals surface area contributed by atoms with Crippen molar-refractivity contribution in [2.24, 2.45) is 0 Å². The van der Waals surface area contributed by atoms with Gasteiger partial charge in [-0.3, -0.25) is 0 Å². The highest BCUT2D eigenvalue weighted by Crippen LogP contribution is 1.97. The maximum atomic E-state index is 9.67. The van der Waals surface area contributed by atoms with Crippen molar-refractivity contribution in [3.05, 3.63) is 0 Å². The summed E-state index contributed by atoms with van der Waals surface area (Å²) in [6.45, 7) is 6.83. The standard InChI is InChI=1S/C7H18N.CHF3/c1-5-8(4,6-2)7-3;2-1(3)4/h5-7H2,1-4H3;1H/q+1;. The van der Waals surface area contributed by atoms with Crippen LogP contribution in [-0.2, 0) is 0 Å². The SMILES string of the molecule is CC[N+](C)(CC)CC.FC(F)F. The van der Waals surface area contributed by atoms with Crippen molar-refractivity contribution < 1.29 is 17.7 Å². The molecule has 0 aromatic heterocycles. The summed E-state index contributed by atoms with van der Waals surface area (Å²) in [5.74, 6) is 0. The Bertz CT molecular complexity index is 81.3. The molecule has 0 aliphatic heterocycles. The summed E-state index contributed by atoms with van der Waals surface area (Å²) in [6.07, 6.45) is 0. The molecule has 0 saturated heterocycles. The van der Waals surface area contributed by atoms with Crippen molar-refractivity contribution in [3.63, 3.8) is 0 Å². The molecule has 0 aliphatic rings. The second-order valence-electron chi connectivity index (χ2n) is 2.82. The van der Waals surface area contributed by atoms with Gasteiger partial charge in [0.25, 0.3) is 0 Å².